The van der Waals surface area contributed by atoms with Crippen molar-refractivity contribution >= 4 is 5.97 Å². The highest BCUT2D eigenvalue weighted by Gasteiger charge is 2.13. The van der Waals surface area contributed by atoms with E-state index in [4.69, 9.17) is 5.11 Å². The molecule has 2 N–H and O–H groups in total. The minimum atomic E-state index is -0.863. The zero-order valence-electron chi connectivity index (χ0n) is 10.2. The van der Waals surface area contributed by atoms with Crippen LogP contribution in [0, 0.1) is 6.92 Å². The van der Waals surface area contributed by atoms with Gasteiger partial charge in [-0.25, -0.2) is 4.79 Å². The number of benzene rings is 1. The molecular formula is C13H14N2O3. The van der Waals surface area contributed by atoms with Gasteiger partial charge in [0.1, 0.15) is 0 Å². The Morgan fingerprint density at radius 1 is 1.33 bits per heavy atom. The summed E-state index contributed by atoms with van der Waals surface area (Å²) in [5.74, 6) is -1.42. The first-order valence-electron chi connectivity index (χ1n) is 5.61. The van der Waals surface area contributed by atoms with Crippen molar-refractivity contribution in [3.63, 3.8) is 0 Å². The summed E-state index contributed by atoms with van der Waals surface area (Å²) in [6.07, 6.45) is 1.64. The monoisotopic (exact) mass is 246 g/mol. The van der Waals surface area contributed by atoms with Gasteiger partial charge in [-0.05, 0) is 31.5 Å². The predicted octanol–water partition coefficient (Wildman–Crippen LogP) is 1.66. The molecule has 5 nitrogen and oxygen atoms in total. The number of nitrogens with zero attached hydrogens (tertiary/aromatic N) is 1. The molecule has 1 atom stereocenters. The van der Waals surface area contributed by atoms with Gasteiger partial charge in [-0.3, -0.25) is 9.36 Å². The van der Waals surface area contributed by atoms with Gasteiger partial charge in [0.05, 0.1) is 11.6 Å². The third-order valence-electron chi connectivity index (χ3n) is 2.98. The Hall–Kier alpha value is -2.30. The fraction of sp³-hybridized carbons (Fsp3) is 0.231. The highest BCUT2D eigenvalue weighted by atomic mass is 16.4. The average molecular weight is 246 g/mol. The molecule has 0 saturated carbocycles. The molecule has 0 aliphatic carbocycles. The SMILES string of the molecule is Cc1c[nH]c(=O)n1-c1ccc(C(C)C(=O)O)cc1. The Morgan fingerprint density at radius 3 is 2.39 bits per heavy atom. The lowest BCUT2D eigenvalue weighted by molar-refractivity contribution is -0.138. The summed E-state index contributed by atoms with van der Waals surface area (Å²) in [6, 6.07) is 6.95. The number of rotatable bonds is 3. The van der Waals surface area contributed by atoms with Crippen LogP contribution < -0.4 is 5.69 Å². The number of carboxylic acids is 1. The topological polar surface area (TPSA) is 75.1 Å². The number of hydrogen-bond donors (Lipinski definition) is 2. The quantitative estimate of drug-likeness (QED) is 0.864. The molecule has 94 valence electrons. The Morgan fingerprint density at radius 2 is 1.94 bits per heavy atom. The van der Waals surface area contributed by atoms with Gasteiger partial charge in [0, 0.05) is 11.9 Å². The number of H-pyrrole nitrogens is 1. The number of aromatic nitrogens is 2. The minimum Gasteiger partial charge on any atom is -0.481 e. The third-order valence-corrected chi connectivity index (χ3v) is 2.98. The lowest BCUT2D eigenvalue weighted by Crippen LogP contribution is -2.16. The molecule has 0 aliphatic rings. The minimum absolute atomic E-state index is 0.202. The van der Waals surface area contributed by atoms with E-state index >= 15 is 0 Å². The van der Waals surface area contributed by atoms with Gasteiger partial charge in [-0.1, -0.05) is 12.1 Å². The van der Waals surface area contributed by atoms with Gasteiger partial charge in [0.2, 0.25) is 0 Å². The summed E-state index contributed by atoms with van der Waals surface area (Å²) >= 11 is 0. The first-order chi connectivity index (χ1) is 8.50. The molecule has 1 heterocycles. The summed E-state index contributed by atoms with van der Waals surface area (Å²) in [7, 11) is 0. The van der Waals surface area contributed by atoms with Crippen molar-refractivity contribution in [1.82, 2.24) is 9.55 Å². The van der Waals surface area contributed by atoms with E-state index in [-0.39, 0.29) is 5.69 Å². The van der Waals surface area contributed by atoms with Crippen molar-refractivity contribution in [2.45, 2.75) is 19.8 Å². The summed E-state index contributed by atoms with van der Waals surface area (Å²) in [6.45, 7) is 3.46. The zero-order chi connectivity index (χ0) is 13.3. The van der Waals surface area contributed by atoms with E-state index in [0.717, 1.165) is 11.4 Å². The van der Waals surface area contributed by atoms with Crippen molar-refractivity contribution in [2.24, 2.45) is 0 Å². The van der Waals surface area contributed by atoms with Crippen LogP contribution in [0.4, 0.5) is 0 Å². The van der Waals surface area contributed by atoms with Crippen LogP contribution in [0.1, 0.15) is 24.1 Å². The van der Waals surface area contributed by atoms with Gasteiger partial charge < -0.3 is 10.1 Å². The molecule has 1 aromatic carbocycles. The average Bonchev–Trinajstić information content (AvgIpc) is 2.68. The summed E-state index contributed by atoms with van der Waals surface area (Å²) in [4.78, 5) is 25.0. The highest BCUT2D eigenvalue weighted by molar-refractivity contribution is 5.75. The number of nitrogens with one attached hydrogen (secondary N) is 1. The van der Waals surface area contributed by atoms with Crippen molar-refractivity contribution in [3.8, 4) is 5.69 Å². The van der Waals surface area contributed by atoms with E-state index in [1.54, 1.807) is 37.4 Å². The molecular weight excluding hydrogens is 232 g/mol. The molecule has 1 aromatic heterocycles. The molecule has 0 spiro atoms. The van der Waals surface area contributed by atoms with Gasteiger partial charge in [-0.15, -0.1) is 0 Å². The van der Waals surface area contributed by atoms with Crippen LogP contribution in [0.5, 0.6) is 0 Å². The first kappa shape index (κ1) is 12.2. The number of imidazole rings is 1. The van der Waals surface area contributed by atoms with Gasteiger partial charge >= 0.3 is 11.7 Å². The molecule has 0 saturated heterocycles. The van der Waals surface area contributed by atoms with E-state index in [0.29, 0.717) is 5.56 Å². The van der Waals surface area contributed by atoms with Gasteiger partial charge in [0.15, 0.2) is 0 Å². The lowest BCUT2D eigenvalue weighted by atomic mass is 10.0. The largest absolute Gasteiger partial charge is 0.481 e. The van der Waals surface area contributed by atoms with Crippen molar-refractivity contribution in [3.05, 3.63) is 52.2 Å². The second-order valence-corrected chi connectivity index (χ2v) is 4.22. The van der Waals surface area contributed by atoms with Crippen LogP contribution in [-0.4, -0.2) is 20.6 Å². The Balaban J connectivity index is 2.40. The Kier molecular flexibility index (Phi) is 3.06. The maximum Gasteiger partial charge on any atom is 0.330 e. The van der Waals surface area contributed by atoms with E-state index in [2.05, 4.69) is 4.98 Å². The maximum atomic E-state index is 11.6. The number of carbonyl (C=O) groups is 1. The maximum absolute atomic E-state index is 11.6. The molecule has 18 heavy (non-hydrogen) atoms. The molecule has 0 aliphatic heterocycles. The highest BCUT2D eigenvalue weighted by Crippen LogP contribution is 2.17. The number of aryl methyl sites for hydroxylation is 1. The summed E-state index contributed by atoms with van der Waals surface area (Å²) in [5, 5.41) is 8.92. The van der Waals surface area contributed by atoms with E-state index in [1.807, 2.05) is 6.92 Å². The zero-order valence-corrected chi connectivity index (χ0v) is 10.2. The molecule has 0 bridgehead atoms. The van der Waals surface area contributed by atoms with Crippen LogP contribution in [0.2, 0.25) is 0 Å². The van der Waals surface area contributed by atoms with Crippen LogP contribution in [0.25, 0.3) is 5.69 Å². The van der Waals surface area contributed by atoms with Crippen LogP contribution in [0.3, 0.4) is 0 Å². The first-order valence-corrected chi connectivity index (χ1v) is 5.61. The van der Waals surface area contributed by atoms with Crippen molar-refractivity contribution in [1.29, 1.82) is 0 Å². The van der Waals surface area contributed by atoms with Crippen molar-refractivity contribution in [2.75, 3.05) is 0 Å². The summed E-state index contributed by atoms with van der Waals surface area (Å²) in [5.41, 5.74) is 2.04. The molecule has 1 unspecified atom stereocenters. The molecule has 2 rings (SSSR count). The normalized spacial score (nSPS) is 12.3. The number of aromatic amines is 1. The fourth-order valence-electron chi connectivity index (χ4n) is 1.83. The van der Waals surface area contributed by atoms with Crippen LogP contribution >= 0.6 is 0 Å². The third kappa shape index (κ3) is 2.07. The summed E-state index contributed by atoms with van der Waals surface area (Å²) < 4.78 is 1.54. The molecule has 0 radical (unpaired) electrons. The molecule has 5 heteroatoms. The predicted molar refractivity (Wildman–Crippen MR) is 67.2 cm³/mol. The number of hydrogen-bond acceptors (Lipinski definition) is 2. The smallest absolute Gasteiger partial charge is 0.330 e. The molecule has 0 amide bonds. The van der Waals surface area contributed by atoms with Crippen LogP contribution in [-0.2, 0) is 4.79 Å². The Labute approximate surface area is 104 Å². The fourth-order valence-corrected chi connectivity index (χ4v) is 1.83. The van der Waals surface area contributed by atoms with Gasteiger partial charge in [-0.2, -0.15) is 0 Å². The van der Waals surface area contributed by atoms with E-state index < -0.39 is 11.9 Å². The van der Waals surface area contributed by atoms with Crippen molar-refractivity contribution < 1.29 is 9.90 Å². The standard InChI is InChI=1S/C13H14N2O3/c1-8-7-14-13(18)15(8)11-5-3-10(4-6-11)9(2)12(16)17/h3-7,9H,1-2H3,(H,14,18)(H,16,17). The molecule has 2 aromatic rings. The van der Waals surface area contributed by atoms with E-state index in [9.17, 15) is 9.59 Å². The van der Waals surface area contributed by atoms with E-state index in [1.165, 1.54) is 4.57 Å². The van der Waals surface area contributed by atoms with Crippen LogP contribution in [0.15, 0.2) is 35.3 Å². The number of aliphatic carboxylic acids is 1. The second-order valence-electron chi connectivity index (χ2n) is 4.22. The Bertz CT molecular complexity index is 622. The second kappa shape index (κ2) is 4.52. The molecule has 0 fully saturated rings. The van der Waals surface area contributed by atoms with Gasteiger partial charge in [0.25, 0.3) is 0 Å². The number of carboxylic acid groups (broad SMARTS) is 1. The lowest BCUT2D eigenvalue weighted by Gasteiger charge is -2.08.